The van der Waals surface area contributed by atoms with E-state index in [-0.39, 0.29) is 18.4 Å². The second kappa shape index (κ2) is 10.3. The monoisotopic (exact) mass is 518 g/mol. The van der Waals surface area contributed by atoms with Crippen LogP contribution < -0.4 is 9.47 Å². The van der Waals surface area contributed by atoms with Gasteiger partial charge in [-0.25, -0.2) is 0 Å². The molecule has 2 atom stereocenters. The van der Waals surface area contributed by atoms with Crippen LogP contribution in [0.15, 0.2) is 42.5 Å². The topological polar surface area (TPSA) is 87.3 Å². The number of morpholine rings is 1. The second-order valence-corrected chi connectivity index (χ2v) is 10.2. The molecule has 2 aromatic carbocycles. The van der Waals surface area contributed by atoms with Gasteiger partial charge in [-0.05, 0) is 36.2 Å². The molecule has 0 spiro atoms. The molecule has 3 aliphatic rings. The number of H-pyrrole nitrogens is 1. The van der Waals surface area contributed by atoms with Crippen LogP contribution in [0.2, 0.25) is 0 Å². The molecule has 0 saturated carbocycles. The van der Waals surface area contributed by atoms with E-state index in [1.54, 1.807) is 24.0 Å². The SMILES string of the molecule is COc1ccc(OC)c([C@H]2c3[nH]c4ccccc4c3C[C@H]3C(=O)N(CCCN4CCOCC4)CC(=O)N23)c1. The highest BCUT2D eigenvalue weighted by molar-refractivity contribution is 5.97. The molecule has 1 N–H and O–H groups in total. The standard InChI is InChI=1S/C29H34N4O5/c1-36-19-8-9-25(37-2)22(16-19)28-27-21(20-6-3-4-7-23(20)30-27)17-24-29(35)32(18-26(34)33(24)28)11-5-10-31-12-14-38-15-13-31/h3-4,6-9,16,24,28,30H,5,10-15,17-18H2,1-2H3/t24-,28-/m0/s1. The molecule has 9 heteroatoms. The lowest BCUT2D eigenvalue weighted by Gasteiger charge is -2.47. The Morgan fingerprint density at radius 1 is 1.03 bits per heavy atom. The third-order valence-corrected chi connectivity index (χ3v) is 8.08. The Labute approximate surface area is 222 Å². The third-order valence-electron chi connectivity index (χ3n) is 8.08. The fourth-order valence-electron chi connectivity index (χ4n) is 6.20. The molecule has 2 amide bonds. The van der Waals surface area contributed by atoms with Crippen LogP contribution in [0.3, 0.4) is 0 Å². The minimum absolute atomic E-state index is 0.00868. The lowest BCUT2D eigenvalue weighted by Crippen LogP contribution is -2.63. The van der Waals surface area contributed by atoms with Crippen molar-refractivity contribution in [1.82, 2.24) is 19.7 Å². The zero-order valence-corrected chi connectivity index (χ0v) is 21.9. The van der Waals surface area contributed by atoms with Gasteiger partial charge in [0.1, 0.15) is 23.6 Å². The van der Waals surface area contributed by atoms with Gasteiger partial charge < -0.3 is 29.0 Å². The van der Waals surface area contributed by atoms with Gasteiger partial charge in [0.25, 0.3) is 0 Å². The number of carbonyl (C=O) groups is 2. The van der Waals surface area contributed by atoms with Crippen LogP contribution in [-0.4, -0.2) is 97.7 Å². The smallest absolute Gasteiger partial charge is 0.246 e. The first-order valence-electron chi connectivity index (χ1n) is 13.3. The predicted molar refractivity (Wildman–Crippen MR) is 142 cm³/mol. The number of aromatic amines is 1. The number of benzene rings is 2. The molecule has 1 aromatic heterocycles. The molecule has 2 saturated heterocycles. The summed E-state index contributed by atoms with van der Waals surface area (Å²) in [5.74, 6) is 1.27. The average molecular weight is 519 g/mol. The fraction of sp³-hybridized carbons (Fsp3) is 0.448. The molecule has 38 heavy (non-hydrogen) atoms. The maximum atomic E-state index is 13.9. The molecular formula is C29H34N4O5. The first-order valence-corrected chi connectivity index (χ1v) is 13.3. The highest BCUT2D eigenvalue weighted by atomic mass is 16.5. The quantitative estimate of drug-likeness (QED) is 0.518. The van der Waals surface area contributed by atoms with Crippen molar-refractivity contribution in [2.24, 2.45) is 0 Å². The largest absolute Gasteiger partial charge is 0.497 e. The fourth-order valence-corrected chi connectivity index (χ4v) is 6.20. The van der Waals surface area contributed by atoms with Gasteiger partial charge in [0.2, 0.25) is 11.8 Å². The number of carbonyl (C=O) groups excluding carboxylic acids is 2. The Morgan fingerprint density at radius 2 is 1.84 bits per heavy atom. The van der Waals surface area contributed by atoms with Crippen molar-refractivity contribution in [3.63, 3.8) is 0 Å². The van der Waals surface area contributed by atoms with Crippen molar-refractivity contribution in [3.8, 4) is 11.5 Å². The van der Waals surface area contributed by atoms with Gasteiger partial charge >= 0.3 is 0 Å². The minimum atomic E-state index is -0.577. The van der Waals surface area contributed by atoms with Crippen molar-refractivity contribution in [2.75, 3.05) is 60.2 Å². The molecule has 0 bridgehead atoms. The number of aromatic nitrogens is 1. The van der Waals surface area contributed by atoms with Crippen molar-refractivity contribution in [2.45, 2.75) is 24.9 Å². The summed E-state index contributed by atoms with van der Waals surface area (Å²) in [5, 5.41) is 1.08. The molecule has 3 aromatic rings. The first kappa shape index (κ1) is 24.8. The second-order valence-electron chi connectivity index (χ2n) is 10.2. The summed E-state index contributed by atoms with van der Waals surface area (Å²) < 4.78 is 16.7. The highest BCUT2D eigenvalue weighted by Crippen LogP contribution is 2.45. The minimum Gasteiger partial charge on any atom is -0.497 e. The van der Waals surface area contributed by atoms with E-state index < -0.39 is 12.1 Å². The Kier molecular flexibility index (Phi) is 6.71. The average Bonchev–Trinajstić information content (AvgIpc) is 3.33. The van der Waals surface area contributed by atoms with E-state index in [2.05, 4.69) is 16.0 Å². The zero-order chi connectivity index (χ0) is 26.2. The molecule has 6 rings (SSSR count). The summed E-state index contributed by atoms with van der Waals surface area (Å²) in [6.07, 6.45) is 1.31. The summed E-state index contributed by atoms with van der Waals surface area (Å²) in [7, 11) is 3.24. The number of methoxy groups -OCH3 is 2. The first-order chi connectivity index (χ1) is 18.6. The van der Waals surface area contributed by atoms with Crippen LogP contribution in [-0.2, 0) is 20.7 Å². The number of nitrogens with one attached hydrogen (secondary N) is 1. The Balaban J connectivity index is 1.36. The molecule has 3 aliphatic heterocycles. The van der Waals surface area contributed by atoms with E-state index in [0.717, 1.165) is 67.0 Å². The Morgan fingerprint density at radius 3 is 2.63 bits per heavy atom. The van der Waals surface area contributed by atoms with Gasteiger partial charge in [0, 0.05) is 54.8 Å². The molecule has 0 radical (unpaired) electrons. The molecule has 4 heterocycles. The van der Waals surface area contributed by atoms with Crippen LogP contribution in [0.1, 0.15) is 29.3 Å². The lowest BCUT2D eigenvalue weighted by molar-refractivity contribution is -0.158. The molecule has 0 aliphatic carbocycles. The van der Waals surface area contributed by atoms with Gasteiger partial charge in [0.05, 0.1) is 34.0 Å². The summed E-state index contributed by atoms with van der Waals surface area (Å²) in [6, 6.07) is 12.7. The van der Waals surface area contributed by atoms with Gasteiger partial charge in [0.15, 0.2) is 0 Å². The predicted octanol–water partition coefficient (Wildman–Crippen LogP) is 2.59. The van der Waals surface area contributed by atoms with Crippen LogP contribution in [0.4, 0.5) is 0 Å². The van der Waals surface area contributed by atoms with Crippen LogP contribution in [0.25, 0.3) is 10.9 Å². The van der Waals surface area contributed by atoms with Gasteiger partial charge in [-0.2, -0.15) is 0 Å². The number of para-hydroxylation sites is 1. The maximum absolute atomic E-state index is 13.9. The Hall–Kier alpha value is -3.56. The van der Waals surface area contributed by atoms with E-state index in [9.17, 15) is 9.59 Å². The van der Waals surface area contributed by atoms with E-state index >= 15 is 0 Å². The number of hydrogen-bond donors (Lipinski definition) is 1. The number of hydrogen-bond acceptors (Lipinski definition) is 6. The molecule has 200 valence electrons. The Bertz CT molecular complexity index is 1350. The number of amides is 2. The molecule has 0 unspecified atom stereocenters. The number of ether oxygens (including phenoxy) is 3. The van der Waals surface area contributed by atoms with Crippen molar-refractivity contribution >= 4 is 22.7 Å². The third kappa shape index (κ3) is 4.29. The van der Waals surface area contributed by atoms with E-state index in [1.807, 2.05) is 36.4 Å². The van der Waals surface area contributed by atoms with E-state index in [0.29, 0.717) is 24.5 Å². The number of rotatable bonds is 7. The van der Waals surface area contributed by atoms with Crippen LogP contribution in [0, 0.1) is 0 Å². The van der Waals surface area contributed by atoms with Crippen molar-refractivity contribution in [3.05, 3.63) is 59.3 Å². The maximum Gasteiger partial charge on any atom is 0.246 e. The van der Waals surface area contributed by atoms with E-state index in [1.165, 1.54) is 0 Å². The number of piperazine rings is 1. The van der Waals surface area contributed by atoms with Gasteiger partial charge in [-0.15, -0.1) is 0 Å². The molecule has 9 nitrogen and oxygen atoms in total. The summed E-state index contributed by atoms with van der Waals surface area (Å²) in [4.78, 5) is 37.2. The number of nitrogens with zero attached hydrogens (tertiary/aromatic N) is 3. The lowest BCUT2D eigenvalue weighted by atomic mass is 9.85. The summed E-state index contributed by atoms with van der Waals surface area (Å²) in [6.45, 7) is 4.87. The van der Waals surface area contributed by atoms with Gasteiger partial charge in [-0.1, -0.05) is 18.2 Å². The highest BCUT2D eigenvalue weighted by Gasteiger charge is 2.48. The van der Waals surface area contributed by atoms with Crippen LogP contribution in [0.5, 0.6) is 11.5 Å². The van der Waals surface area contributed by atoms with Crippen molar-refractivity contribution < 1.29 is 23.8 Å². The summed E-state index contributed by atoms with van der Waals surface area (Å²) >= 11 is 0. The summed E-state index contributed by atoms with van der Waals surface area (Å²) in [5.41, 5.74) is 3.79. The molecular weight excluding hydrogens is 484 g/mol. The van der Waals surface area contributed by atoms with Gasteiger partial charge in [-0.3, -0.25) is 14.5 Å². The van der Waals surface area contributed by atoms with Crippen molar-refractivity contribution in [1.29, 1.82) is 0 Å². The molecule has 2 fully saturated rings. The zero-order valence-electron chi connectivity index (χ0n) is 21.9. The number of fused-ring (bicyclic) bond motifs is 4. The van der Waals surface area contributed by atoms with Crippen LogP contribution >= 0.6 is 0 Å². The van der Waals surface area contributed by atoms with E-state index in [4.69, 9.17) is 14.2 Å². The normalized spacial score (nSPS) is 21.9.